The average molecular weight is 342 g/mol. The van der Waals surface area contributed by atoms with Crippen LogP contribution in [-0.4, -0.2) is 42.4 Å². The van der Waals surface area contributed by atoms with Crippen molar-refractivity contribution in [1.29, 1.82) is 0 Å². The zero-order chi connectivity index (χ0) is 13.9. The highest BCUT2D eigenvalue weighted by atomic mass is 79.9. The van der Waals surface area contributed by atoms with E-state index in [4.69, 9.17) is 9.47 Å². The number of piperidine rings is 1. The van der Waals surface area contributed by atoms with E-state index in [2.05, 4.69) is 26.9 Å². The van der Waals surface area contributed by atoms with Gasteiger partial charge >= 0.3 is 0 Å². The summed E-state index contributed by atoms with van der Waals surface area (Å²) in [5, 5.41) is 9.56. The molecule has 0 aromatic heterocycles. The molecule has 110 valence electrons. The van der Waals surface area contributed by atoms with Gasteiger partial charge in [-0.05, 0) is 30.5 Å². The lowest BCUT2D eigenvalue weighted by atomic mass is 10.1. The zero-order valence-electron chi connectivity index (χ0n) is 11.5. The number of aliphatic hydroxyl groups excluding tert-OH is 1. The monoisotopic (exact) mass is 341 g/mol. The van der Waals surface area contributed by atoms with Crippen LogP contribution in [0.1, 0.15) is 24.8 Å². The quantitative estimate of drug-likeness (QED) is 0.897. The van der Waals surface area contributed by atoms with Crippen LogP contribution in [0.3, 0.4) is 0 Å². The molecule has 1 fully saturated rings. The molecule has 0 unspecified atom stereocenters. The maximum Gasteiger partial charge on any atom is 0.162 e. The van der Waals surface area contributed by atoms with Crippen molar-refractivity contribution >= 4 is 15.9 Å². The number of ether oxygens (including phenoxy) is 2. The zero-order valence-corrected chi connectivity index (χ0v) is 13.1. The van der Waals surface area contributed by atoms with Crippen LogP contribution in [-0.2, 0) is 6.54 Å². The number of fused-ring (bicyclic) bond motifs is 1. The lowest BCUT2D eigenvalue weighted by molar-refractivity contribution is 0.0791. The Hall–Kier alpha value is -0.780. The van der Waals surface area contributed by atoms with Crippen molar-refractivity contribution in [2.24, 2.45) is 0 Å². The molecule has 3 rings (SSSR count). The summed E-state index contributed by atoms with van der Waals surface area (Å²) in [5.74, 6) is 1.67. The van der Waals surface area contributed by atoms with Crippen LogP contribution in [0.4, 0.5) is 0 Å². The van der Waals surface area contributed by atoms with E-state index in [1.165, 1.54) is 5.56 Å². The Bertz CT molecular complexity index is 472. The second-order valence-electron chi connectivity index (χ2n) is 5.45. The van der Waals surface area contributed by atoms with Gasteiger partial charge < -0.3 is 14.6 Å². The van der Waals surface area contributed by atoms with Crippen LogP contribution < -0.4 is 9.47 Å². The van der Waals surface area contributed by atoms with Gasteiger partial charge in [0.2, 0.25) is 0 Å². The highest BCUT2D eigenvalue weighted by Gasteiger charge is 2.19. The largest absolute Gasteiger partial charge is 0.490 e. The molecule has 0 amide bonds. The molecule has 1 aromatic rings. The number of halogens is 1. The molecule has 0 aliphatic carbocycles. The molecular formula is C15H20BrNO3. The van der Waals surface area contributed by atoms with Crippen molar-refractivity contribution in [3.05, 3.63) is 22.2 Å². The van der Waals surface area contributed by atoms with Gasteiger partial charge in [0, 0.05) is 30.5 Å². The highest BCUT2D eigenvalue weighted by molar-refractivity contribution is 9.10. The SMILES string of the molecule is OC1CCN(Cc2cc3c(cc2Br)OCCCO3)CC1. The molecule has 0 atom stereocenters. The minimum Gasteiger partial charge on any atom is -0.490 e. The predicted octanol–water partition coefficient (Wildman–Crippen LogP) is 2.57. The first-order valence-electron chi connectivity index (χ1n) is 7.21. The van der Waals surface area contributed by atoms with Crippen molar-refractivity contribution < 1.29 is 14.6 Å². The van der Waals surface area contributed by atoms with Crippen molar-refractivity contribution in [2.75, 3.05) is 26.3 Å². The molecule has 2 heterocycles. The minimum atomic E-state index is -0.126. The fourth-order valence-corrected chi connectivity index (χ4v) is 3.11. The van der Waals surface area contributed by atoms with E-state index in [0.717, 1.165) is 54.9 Å². The van der Waals surface area contributed by atoms with Crippen molar-refractivity contribution in [3.63, 3.8) is 0 Å². The molecule has 20 heavy (non-hydrogen) atoms. The van der Waals surface area contributed by atoms with Crippen LogP contribution in [0.15, 0.2) is 16.6 Å². The Labute approximate surface area is 127 Å². The molecule has 2 aliphatic heterocycles. The average Bonchev–Trinajstić information content (AvgIpc) is 2.67. The lowest BCUT2D eigenvalue weighted by Crippen LogP contribution is -2.35. The summed E-state index contributed by atoms with van der Waals surface area (Å²) in [6.45, 7) is 4.20. The molecule has 5 heteroatoms. The van der Waals surface area contributed by atoms with Gasteiger partial charge in [-0.25, -0.2) is 0 Å². The molecule has 0 spiro atoms. The van der Waals surface area contributed by atoms with Gasteiger partial charge in [-0.3, -0.25) is 4.90 Å². The number of aliphatic hydroxyl groups is 1. The predicted molar refractivity (Wildman–Crippen MR) is 80.3 cm³/mol. The van der Waals surface area contributed by atoms with Gasteiger partial charge in [-0.1, -0.05) is 15.9 Å². The highest BCUT2D eigenvalue weighted by Crippen LogP contribution is 2.35. The van der Waals surface area contributed by atoms with Crippen molar-refractivity contribution in [1.82, 2.24) is 4.90 Å². The number of hydrogen-bond donors (Lipinski definition) is 1. The van der Waals surface area contributed by atoms with Crippen LogP contribution in [0.2, 0.25) is 0 Å². The van der Waals surface area contributed by atoms with E-state index >= 15 is 0 Å². The molecular weight excluding hydrogens is 322 g/mol. The van der Waals surface area contributed by atoms with Gasteiger partial charge in [0.05, 0.1) is 19.3 Å². The third-order valence-corrected chi connectivity index (χ3v) is 4.61. The first-order valence-corrected chi connectivity index (χ1v) is 8.00. The second-order valence-corrected chi connectivity index (χ2v) is 6.30. The third kappa shape index (κ3) is 3.27. The van der Waals surface area contributed by atoms with Gasteiger partial charge in [0.1, 0.15) is 0 Å². The van der Waals surface area contributed by atoms with E-state index < -0.39 is 0 Å². The van der Waals surface area contributed by atoms with Crippen molar-refractivity contribution in [3.8, 4) is 11.5 Å². The summed E-state index contributed by atoms with van der Waals surface area (Å²) in [7, 11) is 0. The van der Waals surface area contributed by atoms with E-state index in [9.17, 15) is 5.11 Å². The Balaban J connectivity index is 1.74. The van der Waals surface area contributed by atoms with Gasteiger partial charge in [0.15, 0.2) is 11.5 Å². The van der Waals surface area contributed by atoms with Gasteiger partial charge in [0.25, 0.3) is 0 Å². The Morgan fingerprint density at radius 2 is 1.80 bits per heavy atom. The van der Waals surface area contributed by atoms with E-state index in [0.29, 0.717) is 13.2 Å². The Morgan fingerprint density at radius 3 is 2.50 bits per heavy atom. The number of hydrogen-bond acceptors (Lipinski definition) is 4. The van der Waals surface area contributed by atoms with E-state index in [1.54, 1.807) is 0 Å². The van der Waals surface area contributed by atoms with Crippen LogP contribution in [0.25, 0.3) is 0 Å². The van der Waals surface area contributed by atoms with Crippen LogP contribution in [0, 0.1) is 0 Å². The number of nitrogens with zero attached hydrogens (tertiary/aromatic N) is 1. The molecule has 0 saturated carbocycles. The summed E-state index contributed by atoms with van der Waals surface area (Å²) in [5.41, 5.74) is 1.21. The van der Waals surface area contributed by atoms with E-state index in [1.807, 2.05) is 6.07 Å². The number of rotatable bonds is 2. The maximum atomic E-state index is 9.56. The molecule has 0 radical (unpaired) electrons. The normalized spacial score (nSPS) is 20.7. The molecule has 1 aromatic carbocycles. The lowest BCUT2D eigenvalue weighted by Gasteiger charge is -2.29. The topological polar surface area (TPSA) is 41.9 Å². The number of benzene rings is 1. The fourth-order valence-electron chi connectivity index (χ4n) is 2.67. The minimum absolute atomic E-state index is 0.126. The van der Waals surface area contributed by atoms with Gasteiger partial charge in [-0.15, -0.1) is 0 Å². The Morgan fingerprint density at radius 1 is 1.15 bits per heavy atom. The fraction of sp³-hybridized carbons (Fsp3) is 0.600. The summed E-state index contributed by atoms with van der Waals surface area (Å²) in [6.07, 6.45) is 2.52. The van der Waals surface area contributed by atoms with Gasteiger partial charge in [-0.2, -0.15) is 0 Å². The molecule has 1 N–H and O–H groups in total. The summed E-state index contributed by atoms with van der Waals surface area (Å²) >= 11 is 3.63. The maximum absolute atomic E-state index is 9.56. The van der Waals surface area contributed by atoms with Crippen molar-refractivity contribution in [2.45, 2.75) is 31.9 Å². The molecule has 2 aliphatic rings. The smallest absolute Gasteiger partial charge is 0.162 e. The molecule has 4 nitrogen and oxygen atoms in total. The summed E-state index contributed by atoms with van der Waals surface area (Å²) in [4.78, 5) is 2.37. The first kappa shape index (κ1) is 14.2. The van der Waals surface area contributed by atoms with Crippen LogP contribution in [0.5, 0.6) is 11.5 Å². The van der Waals surface area contributed by atoms with Crippen LogP contribution >= 0.6 is 15.9 Å². The first-order chi connectivity index (χ1) is 9.72. The van der Waals surface area contributed by atoms with E-state index in [-0.39, 0.29) is 6.10 Å². The summed E-state index contributed by atoms with van der Waals surface area (Å²) < 4.78 is 12.5. The second kappa shape index (κ2) is 6.33. The summed E-state index contributed by atoms with van der Waals surface area (Å²) in [6, 6.07) is 4.09. The standard InChI is InChI=1S/C15H20BrNO3/c16-13-9-15-14(19-6-1-7-20-15)8-11(13)10-17-4-2-12(18)3-5-17/h8-9,12,18H,1-7,10H2. The Kier molecular flexibility index (Phi) is 4.48. The number of likely N-dealkylation sites (tertiary alicyclic amines) is 1. The molecule has 0 bridgehead atoms. The molecule has 1 saturated heterocycles. The third-order valence-electron chi connectivity index (χ3n) is 3.87.